The van der Waals surface area contributed by atoms with Crippen molar-refractivity contribution >= 4 is 17.7 Å². The maximum absolute atomic E-state index is 13.3. The molecule has 2 aromatic carbocycles. The van der Waals surface area contributed by atoms with Gasteiger partial charge in [0.05, 0.1) is 18.7 Å². The third kappa shape index (κ3) is 5.01. The van der Waals surface area contributed by atoms with Crippen LogP contribution >= 0.6 is 0 Å². The van der Waals surface area contributed by atoms with Gasteiger partial charge in [0, 0.05) is 20.0 Å². The number of hydrogen-bond donors (Lipinski definition) is 3. The van der Waals surface area contributed by atoms with Gasteiger partial charge in [-0.05, 0) is 36.1 Å². The van der Waals surface area contributed by atoms with Gasteiger partial charge in [-0.2, -0.15) is 0 Å². The molecule has 170 valence electrons. The average Bonchev–Trinajstić information content (AvgIpc) is 2.97. The van der Waals surface area contributed by atoms with Crippen LogP contribution in [0.1, 0.15) is 47.8 Å². The van der Waals surface area contributed by atoms with E-state index in [1.807, 2.05) is 31.2 Å². The quantitative estimate of drug-likeness (QED) is 0.639. The normalized spacial score (nSPS) is 16.3. The second kappa shape index (κ2) is 10.2. The van der Waals surface area contributed by atoms with Gasteiger partial charge in [-0.1, -0.05) is 37.3 Å². The predicted molar refractivity (Wildman–Crippen MR) is 119 cm³/mol. The maximum atomic E-state index is 13.3. The molecule has 0 aromatic heterocycles. The summed E-state index contributed by atoms with van der Waals surface area (Å²) < 4.78 is 5.13. The van der Waals surface area contributed by atoms with Crippen LogP contribution in [-0.4, -0.2) is 54.0 Å². The Balaban J connectivity index is 1.89. The summed E-state index contributed by atoms with van der Waals surface area (Å²) >= 11 is 0. The Morgan fingerprint density at radius 3 is 2.62 bits per heavy atom. The predicted octanol–water partition coefficient (Wildman–Crippen LogP) is 2.17. The molecule has 0 aliphatic carbocycles. The van der Waals surface area contributed by atoms with E-state index in [2.05, 4.69) is 10.6 Å². The van der Waals surface area contributed by atoms with Crippen molar-refractivity contribution in [2.24, 2.45) is 0 Å². The van der Waals surface area contributed by atoms with E-state index >= 15 is 0 Å². The zero-order chi connectivity index (χ0) is 23.3. The van der Waals surface area contributed by atoms with Crippen molar-refractivity contribution in [3.63, 3.8) is 0 Å². The number of hydrogen-bond acceptors (Lipinski definition) is 5. The molecule has 0 saturated carbocycles. The van der Waals surface area contributed by atoms with E-state index in [0.29, 0.717) is 19.4 Å². The number of para-hydroxylation sites is 1. The van der Waals surface area contributed by atoms with Crippen LogP contribution in [0.15, 0.2) is 42.5 Å². The third-order valence-electron chi connectivity index (χ3n) is 5.64. The Bertz CT molecular complexity index is 1010. The molecule has 0 radical (unpaired) electrons. The van der Waals surface area contributed by atoms with Crippen LogP contribution in [0.2, 0.25) is 0 Å². The number of carbonyl (C=O) groups is 3. The first-order valence-corrected chi connectivity index (χ1v) is 10.7. The summed E-state index contributed by atoms with van der Waals surface area (Å²) in [5.74, 6) is -0.916. The van der Waals surface area contributed by atoms with E-state index in [-0.39, 0.29) is 41.3 Å². The first-order chi connectivity index (χ1) is 15.3. The van der Waals surface area contributed by atoms with E-state index in [1.54, 1.807) is 23.1 Å². The van der Waals surface area contributed by atoms with Crippen LogP contribution in [-0.2, 0) is 16.0 Å². The van der Waals surface area contributed by atoms with Crippen LogP contribution in [0.25, 0.3) is 0 Å². The van der Waals surface area contributed by atoms with E-state index in [1.165, 1.54) is 14.0 Å². The lowest BCUT2D eigenvalue weighted by Crippen LogP contribution is -2.48. The molecule has 0 bridgehead atoms. The zero-order valence-electron chi connectivity index (χ0n) is 18.6. The Hall–Kier alpha value is -3.55. The van der Waals surface area contributed by atoms with Gasteiger partial charge < -0.3 is 25.4 Å². The van der Waals surface area contributed by atoms with Crippen LogP contribution in [0.5, 0.6) is 11.5 Å². The van der Waals surface area contributed by atoms with Gasteiger partial charge in [-0.3, -0.25) is 14.4 Å². The summed E-state index contributed by atoms with van der Waals surface area (Å²) in [4.78, 5) is 39.3. The fourth-order valence-corrected chi connectivity index (χ4v) is 3.98. The number of phenols is 1. The van der Waals surface area contributed by atoms with Gasteiger partial charge in [0.2, 0.25) is 11.8 Å². The highest BCUT2D eigenvalue weighted by Gasteiger charge is 2.30. The van der Waals surface area contributed by atoms with Crippen molar-refractivity contribution in [3.8, 4) is 11.5 Å². The van der Waals surface area contributed by atoms with Crippen LogP contribution in [0, 0.1) is 0 Å². The van der Waals surface area contributed by atoms with Gasteiger partial charge in [-0.25, -0.2) is 0 Å². The smallest absolute Gasteiger partial charge is 0.257 e. The lowest BCUT2D eigenvalue weighted by atomic mass is 9.99. The fourth-order valence-electron chi connectivity index (χ4n) is 3.98. The van der Waals surface area contributed by atoms with Crippen molar-refractivity contribution in [1.29, 1.82) is 0 Å². The van der Waals surface area contributed by atoms with Crippen molar-refractivity contribution in [3.05, 3.63) is 59.2 Å². The van der Waals surface area contributed by atoms with E-state index in [0.717, 1.165) is 11.1 Å². The maximum Gasteiger partial charge on any atom is 0.257 e. The number of aromatic hydroxyl groups is 1. The van der Waals surface area contributed by atoms with Crippen molar-refractivity contribution in [1.82, 2.24) is 15.5 Å². The number of methoxy groups -OCH3 is 1. The van der Waals surface area contributed by atoms with Gasteiger partial charge in [0.15, 0.2) is 11.5 Å². The third-order valence-corrected chi connectivity index (χ3v) is 5.64. The molecule has 3 amide bonds. The topological polar surface area (TPSA) is 108 Å². The standard InChI is InChI=1S/C24H29N3O5/c1-4-19(25-15(2)28)23(30)26-20-14-27(13-12-16-8-5-6-9-17(16)20)24(31)18-10-7-11-21(32-3)22(18)29/h5-11,19-20,29H,4,12-14H2,1-3H3,(H,25,28)(H,26,30). The summed E-state index contributed by atoms with van der Waals surface area (Å²) in [5.41, 5.74) is 2.12. The zero-order valence-corrected chi connectivity index (χ0v) is 18.6. The molecule has 3 rings (SSSR count). The SMILES string of the molecule is CCC(NC(C)=O)C(=O)NC1CN(C(=O)c2cccc(OC)c2O)CCc2ccccc21. The number of benzene rings is 2. The monoisotopic (exact) mass is 439 g/mol. The largest absolute Gasteiger partial charge is 0.504 e. The molecule has 1 aliphatic rings. The highest BCUT2D eigenvalue weighted by atomic mass is 16.5. The molecule has 1 aliphatic heterocycles. The summed E-state index contributed by atoms with van der Waals surface area (Å²) in [7, 11) is 1.43. The Labute approximate surface area is 187 Å². The van der Waals surface area contributed by atoms with Crippen molar-refractivity contribution < 1.29 is 24.2 Å². The first-order valence-electron chi connectivity index (χ1n) is 10.7. The molecule has 2 aromatic rings. The van der Waals surface area contributed by atoms with E-state index in [9.17, 15) is 19.5 Å². The van der Waals surface area contributed by atoms with Crippen molar-refractivity contribution in [2.45, 2.75) is 38.8 Å². The van der Waals surface area contributed by atoms with E-state index in [4.69, 9.17) is 4.74 Å². The lowest BCUT2D eigenvalue weighted by Gasteiger charge is -2.28. The highest BCUT2D eigenvalue weighted by Crippen LogP contribution is 2.32. The van der Waals surface area contributed by atoms with Gasteiger partial charge >= 0.3 is 0 Å². The molecule has 1 heterocycles. The minimum Gasteiger partial charge on any atom is -0.504 e. The molecule has 0 spiro atoms. The summed E-state index contributed by atoms with van der Waals surface area (Å²) in [5, 5.41) is 16.1. The Morgan fingerprint density at radius 1 is 1.19 bits per heavy atom. The number of phenolic OH excluding ortho intramolecular Hbond substituents is 1. The number of nitrogens with zero attached hydrogens (tertiary/aromatic N) is 1. The molecular formula is C24H29N3O5. The summed E-state index contributed by atoms with van der Waals surface area (Å²) in [6, 6.07) is 11.4. The van der Waals surface area contributed by atoms with Gasteiger partial charge in [0.1, 0.15) is 6.04 Å². The number of nitrogens with one attached hydrogen (secondary N) is 2. The highest BCUT2D eigenvalue weighted by molar-refractivity contribution is 5.98. The summed E-state index contributed by atoms with van der Waals surface area (Å²) in [6.45, 7) is 3.86. The minimum atomic E-state index is -0.658. The fraction of sp³-hybridized carbons (Fsp3) is 0.375. The summed E-state index contributed by atoms with van der Waals surface area (Å²) in [6.07, 6.45) is 1.06. The first kappa shape index (κ1) is 23.1. The Morgan fingerprint density at radius 2 is 1.94 bits per heavy atom. The molecule has 0 saturated heterocycles. The van der Waals surface area contributed by atoms with Crippen LogP contribution < -0.4 is 15.4 Å². The lowest BCUT2D eigenvalue weighted by molar-refractivity contribution is -0.128. The number of carbonyl (C=O) groups excluding carboxylic acids is 3. The van der Waals surface area contributed by atoms with Crippen LogP contribution in [0.4, 0.5) is 0 Å². The second-order valence-electron chi connectivity index (χ2n) is 7.78. The molecule has 2 unspecified atom stereocenters. The van der Waals surface area contributed by atoms with Crippen molar-refractivity contribution in [2.75, 3.05) is 20.2 Å². The molecule has 8 nitrogen and oxygen atoms in total. The Kier molecular flexibility index (Phi) is 7.35. The van der Waals surface area contributed by atoms with E-state index < -0.39 is 12.1 Å². The number of amides is 3. The molecule has 0 fully saturated rings. The van der Waals surface area contributed by atoms with Gasteiger partial charge in [0.25, 0.3) is 5.91 Å². The number of ether oxygens (including phenoxy) is 1. The number of rotatable bonds is 6. The molecule has 2 atom stereocenters. The number of fused-ring (bicyclic) bond motifs is 1. The van der Waals surface area contributed by atoms with Gasteiger partial charge in [-0.15, -0.1) is 0 Å². The molecule has 3 N–H and O–H groups in total. The average molecular weight is 440 g/mol. The minimum absolute atomic E-state index is 0.144. The molecule has 8 heteroatoms. The molecular weight excluding hydrogens is 410 g/mol. The second-order valence-corrected chi connectivity index (χ2v) is 7.78. The molecule has 32 heavy (non-hydrogen) atoms. The van der Waals surface area contributed by atoms with Crippen LogP contribution in [0.3, 0.4) is 0 Å².